The molecule has 0 atom stereocenters. The highest BCUT2D eigenvalue weighted by molar-refractivity contribution is 6.39. The number of hydrogen-bond donors (Lipinski definition) is 1. The van der Waals surface area contributed by atoms with Crippen molar-refractivity contribution in [3.63, 3.8) is 0 Å². The van der Waals surface area contributed by atoms with Gasteiger partial charge in [0.05, 0.1) is 45.9 Å². The number of carbonyl (C=O) groups excluding carboxylic acids is 2. The Hall–Kier alpha value is -2.70. The fourth-order valence-electron chi connectivity index (χ4n) is 5.08. The van der Waals surface area contributed by atoms with Crippen LogP contribution in [-0.4, -0.2) is 68.2 Å². The number of rotatable bonds is 7. The van der Waals surface area contributed by atoms with Crippen molar-refractivity contribution in [3.8, 4) is 0 Å². The van der Waals surface area contributed by atoms with Crippen LogP contribution in [0.25, 0.3) is 0 Å². The van der Waals surface area contributed by atoms with Crippen molar-refractivity contribution in [2.24, 2.45) is 5.92 Å². The van der Waals surface area contributed by atoms with Gasteiger partial charge in [-0.2, -0.15) is 18.3 Å². The minimum absolute atomic E-state index is 0.0392. The molecule has 38 heavy (non-hydrogen) atoms. The molecule has 2 fully saturated rings. The molecule has 1 amide bonds. The molecule has 0 bridgehead atoms. The van der Waals surface area contributed by atoms with Crippen molar-refractivity contribution in [2.45, 2.75) is 56.8 Å². The molecule has 0 aromatic carbocycles. The number of carboxylic acid groups (broad SMARTS) is 1. The van der Waals surface area contributed by atoms with Crippen LogP contribution in [0.1, 0.15) is 71.0 Å². The second kappa shape index (κ2) is 11.6. The average molecular weight is 577 g/mol. The fraction of sp³-hybridized carbons (Fsp3) is 0.542. The highest BCUT2D eigenvalue weighted by atomic mass is 35.5. The van der Waals surface area contributed by atoms with Crippen LogP contribution in [0.4, 0.5) is 13.2 Å². The van der Waals surface area contributed by atoms with E-state index in [9.17, 15) is 32.7 Å². The van der Waals surface area contributed by atoms with Crippen molar-refractivity contribution >= 4 is 40.9 Å². The largest absolute Gasteiger partial charge is 0.481 e. The number of carbonyl (C=O) groups is 3. The van der Waals surface area contributed by atoms with E-state index in [1.807, 2.05) is 0 Å². The van der Waals surface area contributed by atoms with Crippen LogP contribution >= 0.6 is 23.2 Å². The fourth-order valence-corrected chi connectivity index (χ4v) is 5.65. The van der Waals surface area contributed by atoms with Gasteiger partial charge in [0.1, 0.15) is 0 Å². The smallest absolute Gasteiger partial charge is 0.433 e. The molecule has 1 aliphatic carbocycles. The van der Waals surface area contributed by atoms with Gasteiger partial charge in [0.25, 0.3) is 5.91 Å². The Balaban J connectivity index is 1.68. The first-order chi connectivity index (χ1) is 18.0. The Labute approximate surface area is 225 Å². The van der Waals surface area contributed by atoms with E-state index in [1.165, 1.54) is 12.4 Å². The summed E-state index contributed by atoms with van der Waals surface area (Å²) >= 11 is 12.2. The zero-order valence-electron chi connectivity index (χ0n) is 20.1. The molecule has 0 unspecified atom stereocenters. The highest BCUT2D eigenvalue weighted by Crippen LogP contribution is 2.39. The molecule has 14 heteroatoms. The maximum atomic E-state index is 14.3. The van der Waals surface area contributed by atoms with E-state index in [-0.39, 0.29) is 54.5 Å². The van der Waals surface area contributed by atoms with Crippen LogP contribution in [0, 0.1) is 5.92 Å². The molecule has 1 saturated heterocycles. The lowest BCUT2D eigenvalue weighted by atomic mass is 9.86. The first-order valence-electron chi connectivity index (χ1n) is 12.1. The Kier molecular flexibility index (Phi) is 8.63. The van der Waals surface area contributed by atoms with E-state index in [1.54, 1.807) is 0 Å². The summed E-state index contributed by atoms with van der Waals surface area (Å²) in [4.78, 5) is 43.1. The Morgan fingerprint density at radius 2 is 1.63 bits per heavy atom. The lowest BCUT2D eigenvalue weighted by molar-refractivity contribution is -0.147. The number of amides is 1. The lowest BCUT2D eigenvalue weighted by Crippen LogP contribution is -2.46. The van der Waals surface area contributed by atoms with Gasteiger partial charge in [-0.05, 0) is 38.5 Å². The van der Waals surface area contributed by atoms with Gasteiger partial charge >= 0.3 is 12.1 Å². The van der Waals surface area contributed by atoms with E-state index < -0.39 is 59.6 Å². The summed E-state index contributed by atoms with van der Waals surface area (Å²) in [6.45, 7) is -0.00558. The molecule has 1 N–H and O–H groups in total. The molecule has 9 nitrogen and oxygen atoms in total. The minimum Gasteiger partial charge on any atom is -0.481 e. The van der Waals surface area contributed by atoms with E-state index in [4.69, 9.17) is 27.9 Å². The summed E-state index contributed by atoms with van der Waals surface area (Å²) in [6.07, 6.45) is -0.207. The molecule has 4 rings (SSSR count). The van der Waals surface area contributed by atoms with Gasteiger partial charge in [0, 0.05) is 31.6 Å². The Bertz CT molecular complexity index is 1190. The topological polar surface area (TPSA) is 115 Å². The van der Waals surface area contributed by atoms with Gasteiger partial charge in [0.2, 0.25) is 0 Å². The zero-order chi connectivity index (χ0) is 27.6. The van der Waals surface area contributed by atoms with Crippen molar-refractivity contribution in [2.75, 3.05) is 19.8 Å². The summed E-state index contributed by atoms with van der Waals surface area (Å²) in [7, 11) is 0. The van der Waals surface area contributed by atoms with E-state index in [0.29, 0.717) is 12.8 Å². The van der Waals surface area contributed by atoms with Crippen LogP contribution in [-0.2, 0) is 15.7 Å². The number of pyridine rings is 1. The molecule has 1 aliphatic heterocycles. The standard InChI is InChI=1S/C24H25Cl2F3N4O5/c25-17-10-30-11-18(26)20(17)19(34)12-32(14-5-7-38-8-6-14)22(35)16-9-31-33(21(16)24(27,28)29)15-3-1-13(2-4-15)23(36)37/h9-11,13-15H,1-8,12H2,(H,36,37). The summed E-state index contributed by atoms with van der Waals surface area (Å²) in [6, 6.07) is -1.27. The van der Waals surface area contributed by atoms with Crippen LogP contribution in [0.3, 0.4) is 0 Å². The van der Waals surface area contributed by atoms with Crippen LogP contribution in [0.5, 0.6) is 0 Å². The Morgan fingerprint density at radius 3 is 2.18 bits per heavy atom. The van der Waals surface area contributed by atoms with E-state index >= 15 is 0 Å². The van der Waals surface area contributed by atoms with E-state index in [0.717, 1.165) is 15.8 Å². The number of alkyl halides is 3. The summed E-state index contributed by atoms with van der Waals surface area (Å²) < 4.78 is 49.2. The van der Waals surface area contributed by atoms with Gasteiger partial charge in [-0.3, -0.25) is 24.0 Å². The first-order valence-corrected chi connectivity index (χ1v) is 12.8. The van der Waals surface area contributed by atoms with Gasteiger partial charge in [-0.1, -0.05) is 23.2 Å². The molecular formula is C24H25Cl2F3N4O5. The third kappa shape index (κ3) is 5.97. The van der Waals surface area contributed by atoms with Crippen molar-refractivity contribution in [1.29, 1.82) is 0 Å². The highest BCUT2D eigenvalue weighted by Gasteiger charge is 2.44. The normalized spacial score (nSPS) is 20.8. The maximum Gasteiger partial charge on any atom is 0.433 e. The quantitative estimate of drug-likeness (QED) is 0.465. The molecule has 2 aromatic rings. The third-order valence-corrected chi connectivity index (χ3v) is 7.60. The van der Waals surface area contributed by atoms with Crippen molar-refractivity contribution < 1.29 is 37.4 Å². The van der Waals surface area contributed by atoms with E-state index in [2.05, 4.69) is 10.1 Å². The molecule has 0 radical (unpaired) electrons. The summed E-state index contributed by atoms with van der Waals surface area (Å²) in [5.41, 5.74) is -1.97. The lowest BCUT2D eigenvalue weighted by Gasteiger charge is -2.34. The molecular weight excluding hydrogens is 552 g/mol. The van der Waals surface area contributed by atoms with Crippen LogP contribution in [0.2, 0.25) is 10.0 Å². The predicted molar refractivity (Wildman–Crippen MR) is 129 cm³/mol. The minimum atomic E-state index is -4.92. The second-order valence-corrected chi connectivity index (χ2v) is 10.2. The number of carboxylic acids is 1. The predicted octanol–water partition coefficient (Wildman–Crippen LogP) is 4.92. The molecule has 2 aromatic heterocycles. The number of ketones is 1. The number of Topliss-reactive ketones (excluding diaryl/α,β-unsaturated/α-hetero) is 1. The molecule has 206 valence electrons. The number of hydrogen-bond acceptors (Lipinski definition) is 6. The number of aliphatic carboxylic acids is 1. The van der Waals surface area contributed by atoms with Crippen LogP contribution in [0.15, 0.2) is 18.6 Å². The van der Waals surface area contributed by atoms with Crippen molar-refractivity contribution in [3.05, 3.63) is 45.5 Å². The monoisotopic (exact) mass is 576 g/mol. The van der Waals surface area contributed by atoms with Gasteiger partial charge in [-0.15, -0.1) is 0 Å². The van der Waals surface area contributed by atoms with Crippen molar-refractivity contribution in [1.82, 2.24) is 19.7 Å². The number of halogens is 5. The van der Waals surface area contributed by atoms with Crippen LogP contribution < -0.4 is 0 Å². The SMILES string of the molecule is O=C(CN(C(=O)c1cnn(C2CCC(C(=O)O)CC2)c1C(F)(F)F)C1CCOCC1)c1c(Cl)cncc1Cl. The molecule has 2 aliphatic rings. The number of aromatic nitrogens is 3. The van der Waals surface area contributed by atoms with Gasteiger partial charge in [-0.25, -0.2) is 0 Å². The number of ether oxygens (including phenoxy) is 1. The van der Waals surface area contributed by atoms with Gasteiger partial charge in [0.15, 0.2) is 11.5 Å². The second-order valence-electron chi connectivity index (χ2n) is 9.37. The summed E-state index contributed by atoms with van der Waals surface area (Å²) in [5, 5.41) is 13.1. The number of nitrogens with zero attached hydrogens (tertiary/aromatic N) is 4. The molecule has 1 saturated carbocycles. The molecule has 3 heterocycles. The Morgan fingerprint density at radius 1 is 1.03 bits per heavy atom. The van der Waals surface area contributed by atoms with Gasteiger partial charge < -0.3 is 14.7 Å². The maximum absolute atomic E-state index is 14.3. The average Bonchev–Trinajstić information content (AvgIpc) is 3.33. The molecule has 0 spiro atoms. The third-order valence-electron chi connectivity index (χ3n) is 7.02. The summed E-state index contributed by atoms with van der Waals surface area (Å²) in [5.74, 6) is -3.25. The first kappa shape index (κ1) is 28.3. The zero-order valence-corrected chi connectivity index (χ0v) is 21.6.